The van der Waals surface area contributed by atoms with E-state index in [1.807, 2.05) is 13.8 Å². The summed E-state index contributed by atoms with van der Waals surface area (Å²) in [6.07, 6.45) is 0.810. The minimum Gasteiger partial charge on any atom is -0.372 e. The van der Waals surface area contributed by atoms with E-state index in [0.717, 1.165) is 0 Å². The summed E-state index contributed by atoms with van der Waals surface area (Å²) in [6.45, 7) is 5.51. The minimum atomic E-state index is -0.610. The molecule has 1 aromatic carbocycles. The van der Waals surface area contributed by atoms with Gasteiger partial charge < -0.3 is 26.4 Å². The first kappa shape index (κ1) is 20.1. The molecule has 0 saturated carbocycles. The molecule has 9 nitrogen and oxygen atoms in total. The molecule has 2 amide bonds. The molecule has 27 heavy (non-hydrogen) atoms. The van der Waals surface area contributed by atoms with Crippen LogP contribution in [-0.2, 0) is 9.53 Å². The highest BCUT2D eigenvalue weighted by molar-refractivity contribution is 5.97. The average molecular weight is 372 g/mol. The number of nitrogens with one attached hydrogen (secondary N) is 3. The van der Waals surface area contributed by atoms with Crippen molar-refractivity contribution in [1.29, 1.82) is 0 Å². The van der Waals surface area contributed by atoms with Crippen molar-refractivity contribution in [2.45, 2.75) is 32.9 Å². The molecule has 0 aliphatic carbocycles. The third-order valence-corrected chi connectivity index (χ3v) is 3.59. The Balaban J connectivity index is 2.20. The van der Waals surface area contributed by atoms with Crippen LogP contribution in [0.3, 0.4) is 0 Å². The number of primary amides is 1. The maximum atomic E-state index is 11.9. The molecule has 2 aromatic rings. The lowest BCUT2D eigenvalue weighted by Gasteiger charge is -2.14. The van der Waals surface area contributed by atoms with Gasteiger partial charge in [0.25, 0.3) is 11.8 Å². The number of methoxy groups -OCH3 is 1. The van der Waals surface area contributed by atoms with Crippen LogP contribution in [0, 0.1) is 0 Å². The molecule has 0 aliphatic heterocycles. The lowest BCUT2D eigenvalue weighted by Crippen LogP contribution is -2.26. The van der Waals surface area contributed by atoms with Crippen molar-refractivity contribution in [2.24, 2.45) is 5.73 Å². The summed E-state index contributed by atoms with van der Waals surface area (Å²) in [6, 6.07) is 7.14. The molecule has 0 saturated heterocycles. The molecular formula is C18H24N6O3. The molecule has 0 bridgehead atoms. The number of hydrogen-bond donors (Lipinski definition) is 4. The Hall–Kier alpha value is -3.20. The standard InChI is InChI=1S/C18H24N6O3/c1-10(2)21-16-14(15(19)25)9-20-18(24-16)23-13-7-5-6-12(8-13)22-17(26)11(3)27-4/h5-11H,1-4H3,(H2,19,25)(H,22,26)(H2,20,21,23,24). The van der Waals surface area contributed by atoms with Crippen molar-refractivity contribution in [2.75, 3.05) is 23.1 Å². The first-order valence-electron chi connectivity index (χ1n) is 8.44. The third kappa shape index (κ3) is 5.65. The van der Waals surface area contributed by atoms with E-state index in [4.69, 9.17) is 10.5 Å². The van der Waals surface area contributed by atoms with Crippen LogP contribution in [0.1, 0.15) is 31.1 Å². The van der Waals surface area contributed by atoms with E-state index < -0.39 is 12.0 Å². The largest absolute Gasteiger partial charge is 0.372 e. The van der Waals surface area contributed by atoms with Gasteiger partial charge in [-0.05, 0) is 39.0 Å². The second-order valence-electron chi connectivity index (χ2n) is 6.19. The number of nitrogens with zero attached hydrogens (tertiary/aromatic N) is 2. The maximum Gasteiger partial charge on any atom is 0.254 e. The summed E-state index contributed by atoms with van der Waals surface area (Å²) in [5.41, 5.74) is 6.84. The molecule has 0 fully saturated rings. The number of nitrogens with two attached hydrogens (primary N) is 1. The molecule has 1 unspecified atom stereocenters. The van der Waals surface area contributed by atoms with Crippen molar-refractivity contribution in [3.8, 4) is 0 Å². The molecule has 1 heterocycles. The van der Waals surface area contributed by atoms with E-state index in [1.165, 1.54) is 13.3 Å². The number of benzene rings is 1. The maximum absolute atomic E-state index is 11.9. The topological polar surface area (TPSA) is 131 Å². The van der Waals surface area contributed by atoms with Crippen LogP contribution in [-0.4, -0.2) is 41.0 Å². The fraction of sp³-hybridized carbons (Fsp3) is 0.333. The summed E-state index contributed by atoms with van der Waals surface area (Å²) in [4.78, 5) is 31.9. The molecule has 9 heteroatoms. The van der Waals surface area contributed by atoms with Crippen molar-refractivity contribution < 1.29 is 14.3 Å². The van der Waals surface area contributed by atoms with Gasteiger partial charge in [0.1, 0.15) is 11.9 Å². The molecule has 144 valence electrons. The molecule has 1 atom stereocenters. The van der Waals surface area contributed by atoms with Crippen LogP contribution in [0.15, 0.2) is 30.5 Å². The minimum absolute atomic E-state index is 0.0622. The summed E-state index contributed by atoms with van der Waals surface area (Å²) in [5, 5.41) is 8.88. The van der Waals surface area contributed by atoms with E-state index in [1.54, 1.807) is 31.2 Å². The average Bonchev–Trinajstić information content (AvgIpc) is 2.60. The van der Waals surface area contributed by atoms with E-state index in [2.05, 4.69) is 25.9 Å². The highest BCUT2D eigenvalue weighted by Gasteiger charge is 2.14. The van der Waals surface area contributed by atoms with Crippen molar-refractivity contribution in [3.63, 3.8) is 0 Å². The van der Waals surface area contributed by atoms with Gasteiger partial charge in [-0.3, -0.25) is 9.59 Å². The van der Waals surface area contributed by atoms with Crippen LogP contribution in [0.4, 0.5) is 23.1 Å². The van der Waals surface area contributed by atoms with Gasteiger partial charge in [-0.1, -0.05) is 6.07 Å². The van der Waals surface area contributed by atoms with Crippen LogP contribution >= 0.6 is 0 Å². The Morgan fingerprint density at radius 1 is 1.19 bits per heavy atom. The lowest BCUT2D eigenvalue weighted by atomic mass is 10.2. The first-order chi connectivity index (χ1) is 12.8. The number of amides is 2. The highest BCUT2D eigenvalue weighted by atomic mass is 16.5. The van der Waals surface area contributed by atoms with E-state index in [-0.39, 0.29) is 23.5 Å². The molecule has 2 rings (SSSR count). The van der Waals surface area contributed by atoms with Gasteiger partial charge in [-0.2, -0.15) is 4.98 Å². The van der Waals surface area contributed by atoms with Crippen molar-refractivity contribution in [1.82, 2.24) is 9.97 Å². The zero-order valence-electron chi connectivity index (χ0n) is 15.7. The molecular weight excluding hydrogens is 348 g/mol. The van der Waals surface area contributed by atoms with Crippen molar-refractivity contribution in [3.05, 3.63) is 36.0 Å². The number of rotatable bonds is 8. The first-order valence-corrected chi connectivity index (χ1v) is 8.44. The normalized spacial score (nSPS) is 11.7. The zero-order chi connectivity index (χ0) is 20.0. The molecule has 0 spiro atoms. The van der Waals surface area contributed by atoms with Gasteiger partial charge in [-0.25, -0.2) is 4.98 Å². The predicted octanol–water partition coefficient (Wildman–Crippen LogP) is 2.11. The van der Waals surface area contributed by atoms with Crippen LogP contribution in [0.25, 0.3) is 0 Å². The molecule has 5 N–H and O–H groups in total. The van der Waals surface area contributed by atoms with E-state index in [0.29, 0.717) is 17.2 Å². The molecule has 1 aromatic heterocycles. The van der Waals surface area contributed by atoms with Gasteiger partial charge in [0.15, 0.2) is 0 Å². The number of carbonyl (C=O) groups is 2. The summed E-state index contributed by atoms with van der Waals surface area (Å²) in [5.74, 6) is -0.216. The smallest absolute Gasteiger partial charge is 0.254 e. The molecule has 0 radical (unpaired) electrons. The van der Waals surface area contributed by atoms with Gasteiger partial charge in [-0.15, -0.1) is 0 Å². The predicted molar refractivity (Wildman–Crippen MR) is 104 cm³/mol. The number of carbonyl (C=O) groups excluding carboxylic acids is 2. The second-order valence-corrected chi connectivity index (χ2v) is 6.19. The Kier molecular flexibility index (Phi) is 6.67. The summed E-state index contributed by atoms with van der Waals surface area (Å²) < 4.78 is 4.99. The Bertz CT molecular complexity index is 824. The Labute approximate surface area is 157 Å². The van der Waals surface area contributed by atoms with Gasteiger partial charge >= 0.3 is 0 Å². The third-order valence-electron chi connectivity index (χ3n) is 3.59. The number of anilines is 4. The summed E-state index contributed by atoms with van der Waals surface area (Å²) >= 11 is 0. The fourth-order valence-electron chi connectivity index (χ4n) is 2.16. The fourth-order valence-corrected chi connectivity index (χ4v) is 2.16. The monoisotopic (exact) mass is 372 g/mol. The van der Waals surface area contributed by atoms with Crippen molar-refractivity contribution >= 4 is 35.0 Å². The number of ether oxygens (including phenoxy) is 1. The summed E-state index contributed by atoms with van der Waals surface area (Å²) in [7, 11) is 1.47. The quantitative estimate of drug-likeness (QED) is 0.558. The zero-order valence-corrected chi connectivity index (χ0v) is 15.7. The Morgan fingerprint density at radius 3 is 2.52 bits per heavy atom. The SMILES string of the molecule is COC(C)C(=O)Nc1cccc(Nc2ncc(C(N)=O)c(NC(C)C)n2)c1. The number of hydrogen-bond acceptors (Lipinski definition) is 7. The van der Waals surface area contributed by atoms with E-state index in [9.17, 15) is 9.59 Å². The van der Waals surface area contributed by atoms with Gasteiger partial charge in [0.2, 0.25) is 5.95 Å². The lowest BCUT2D eigenvalue weighted by molar-refractivity contribution is -0.124. The van der Waals surface area contributed by atoms with E-state index >= 15 is 0 Å². The number of aromatic nitrogens is 2. The van der Waals surface area contributed by atoms with Crippen LogP contribution in [0.5, 0.6) is 0 Å². The Morgan fingerprint density at radius 2 is 1.89 bits per heavy atom. The van der Waals surface area contributed by atoms with Crippen LogP contribution in [0.2, 0.25) is 0 Å². The second kappa shape index (κ2) is 8.95. The molecule has 0 aliphatic rings. The van der Waals surface area contributed by atoms with Crippen LogP contribution < -0.4 is 21.7 Å². The highest BCUT2D eigenvalue weighted by Crippen LogP contribution is 2.21. The van der Waals surface area contributed by atoms with Gasteiger partial charge in [0, 0.05) is 30.7 Å². The van der Waals surface area contributed by atoms with Gasteiger partial charge in [0.05, 0.1) is 5.56 Å².